The molecule has 0 fully saturated rings. The fourth-order valence-electron chi connectivity index (χ4n) is 2.08. The molecule has 2 aromatic rings. The van der Waals surface area contributed by atoms with Gasteiger partial charge in [0.2, 0.25) is 16.9 Å². The van der Waals surface area contributed by atoms with Gasteiger partial charge in [-0.2, -0.15) is 0 Å². The number of nitrogens with one attached hydrogen (secondary N) is 2. The largest absolute Gasteiger partial charge is 0.344 e. The van der Waals surface area contributed by atoms with E-state index in [1.807, 2.05) is 45.0 Å². The minimum absolute atomic E-state index is 0.0232. The van der Waals surface area contributed by atoms with E-state index in [0.29, 0.717) is 11.6 Å². The van der Waals surface area contributed by atoms with Gasteiger partial charge in [-0.05, 0) is 12.8 Å². The summed E-state index contributed by atoms with van der Waals surface area (Å²) in [4.78, 5) is 24.0. The molecule has 2 N–H and O–H groups in total. The molecule has 0 saturated heterocycles. The Bertz CT molecular complexity index is 710. The lowest BCUT2D eigenvalue weighted by molar-refractivity contribution is -0.127. The summed E-state index contributed by atoms with van der Waals surface area (Å²) in [6, 6.07) is 7.36. The molecule has 2 rings (SSSR count). The first-order valence-electron chi connectivity index (χ1n) is 7.91. The Kier molecular flexibility index (Phi) is 6.03. The second-order valence-electron chi connectivity index (χ2n) is 5.91. The zero-order valence-electron chi connectivity index (χ0n) is 14.3. The van der Waals surface area contributed by atoms with Crippen LogP contribution in [0.25, 0.3) is 10.6 Å². The van der Waals surface area contributed by atoms with E-state index in [2.05, 4.69) is 20.8 Å². The summed E-state index contributed by atoms with van der Waals surface area (Å²) >= 11 is 1.31. The van der Waals surface area contributed by atoms with Gasteiger partial charge in [0, 0.05) is 12.0 Å². The Morgan fingerprint density at radius 2 is 1.83 bits per heavy atom. The highest BCUT2D eigenvalue weighted by Crippen LogP contribution is 2.26. The van der Waals surface area contributed by atoms with Crippen LogP contribution in [0.1, 0.15) is 32.8 Å². The summed E-state index contributed by atoms with van der Waals surface area (Å²) < 4.78 is 0. The number of anilines is 1. The van der Waals surface area contributed by atoms with Gasteiger partial charge in [-0.15, -0.1) is 10.2 Å². The first-order valence-corrected chi connectivity index (χ1v) is 8.73. The van der Waals surface area contributed by atoms with Gasteiger partial charge in [-0.1, -0.05) is 61.9 Å². The van der Waals surface area contributed by atoms with Crippen LogP contribution in [0.15, 0.2) is 24.3 Å². The van der Waals surface area contributed by atoms with Crippen molar-refractivity contribution in [3.8, 4) is 10.6 Å². The minimum Gasteiger partial charge on any atom is -0.344 e. The van der Waals surface area contributed by atoms with Crippen LogP contribution in [0.2, 0.25) is 0 Å². The van der Waals surface area contributed by atoms with E-state index >= 15 is 0 Å². The quantitative estimate of drug-likeness (QED) is 0.842. The highest BCUT2D eigenvalue weighted by Gasteiger charge is 2.24. The number of hydrogen-bond donors (Lipinski definition) is 2. The van der Waals surface area contributed by atoms with Crippen molar-refractivity contribution in [2.45, 2.75) is 40.2 Å². The van der Waals surface area contributed by atoms with Gasteiger partial charge in [-0.25, -0.2) is 0 Å². The van der Waals surface area contributed by atoms with E-state index in [4.69, 9.17) is 0 Å². The molecule has 0 bridgehead atoms. The fraction of sp³-hybridized carbons (Fsp3) is 0.412. The average Bonchev–Trinajstić information content (AvgIpc) is 3.00. The summed E-state index contributed by atoms with van der Waals surface area (Å²) in [5, 5.41) is 14.8. The third kappa shape index (κ3) is 4.61. The van der Waals surface area contributed by atoms with Crippen LogP contribution < -0.4 is 10.6 Å². The molecule has 6 nitrogen and oxygen atoms in total. The number of aryl methyl sites for hydroxylation is 1. The van der Waals surface area contributed by atoms with E-state index in [0.717, 1.165) is 10.6 Å². The number of rotatable bonds is 6. The monoisotopic (exact) mass is 346 g/mol. The molecule has 7 heteroatoms. The topological polar surface area (TPSA) is 84.0 Å². The van der Waals surface area contributed by atoms with E-state index < -0.39 is 6.04 Å². The summed E-state index contributed by atoms with van der Waals surface area (Å²) in [5.74, 6) is -0.454. The predicted molar refractivity (Wildman–Crippen MR) is 95.8 cm³/mol. The van der Waals surface area contributed by atoms with Gasteiger partial charge in [0.05, 0.1) is 0 Å². The number of hydrogen-bond acceptors (Lipinski definition) is 5. The highest BCUT2D eigenvalue weighted by molar-refractivity contribution is 7.18. The Labute approximate surface area is 145 Å². The lowest BCUT2D eigenvalue weighted by atomic mass is 10.0. The number of aromatic nitrogens is 2. The first-order chi connectivity index (χ1) is 11.4. The average molecular weight is 346 g/mol. The van der Waals surface area contributed by atoms with Crippen molar-refractivity contribution >= 4 is 28.3 Å². The highest BCUT2D eigenvalue weighted by atomic mass is 32.1. The lowest BCUT2D eigenvalue weighted by Crippen LogP contribution is -2.46. The molecule has 1 unspecified atom stereocenters. The molecule has 0 saturated carbocycles. The smallest absolute Gasteiger partial charge is 0.249 e. The normalized spacial score (nSPS) is 12.0. The third-order valence-corrected chi connectivity index (χ3v) is 4.43. The van der Waals surface area contributed by atoms with Crippen molar-refractivity contribution < 1.29 is 9.59 Å². The molecule has 128 valence electrons. The van der Waals surface area contributed by atoms with Crippen LogP contribution in [0.4, 0.5) is 5.13 Å². The molecule has 1 aromatic heterocycles. The molecule has 1 heterocycles. The van der Waals surface area contributed by atoms with Crippen LogP contribution in [0.5, 0.6) is 0 Å². The van der Waals surface area contributed by atoms with Crippen molar-refractivity contribution in [2.24, 2.45) is 5.92 Å². The van der Waals surface area contributed by atoms with Gasteiger partial charge < -0.3 is 5.32 Å². The standard InChI is InChI=1S/C17H22N4O2S/c1-5-13(22)18-14(10(2)3)15(23)19-17-21-20-16(24-17)12-8-6-11(4)7-9-12/h6-10,14H,5H2,1-4H3,(H,18,22)(H,19,21,23). The van der Waals surface area contributed by atoms with Crippen LogP contribution in [-0.2, 0) is 9.59 Å². The molecule has 1 aromatic carbocycles. The third-order valence-electron chi connectivity index (χ3n) is 3.54. The molecule has 0 spiro atoms. The molecule has 0 aliphatic carbocycles. The zero-order chi connectivity index (χ0) is 17.7. The lowest BCUT2D eigenvalue weighted by Gasteiger charge is -2.20. The fourth-order valence-corrected chi connectivity index (χ4v) is 2.83. The van der Waals surface area contributed by atoms with E-state index in [9.17, 15) is 9.59 Å². The minimum atomic E-state index is -0.593. The van der Waals surface area contributed by atoms with Crippen LogP contribution in [-0.4, -0.2) is 28.1 Å². The number of amides is 2. The van der Waals surface area contributed by atoms with Crippen LogP contribution in [0.3, 0.4) is 0 Å². The van der Waals surface area contributed by atoms with Crippen LogP contribution in [0, 0.1) is 12.8 Å². The second kappa shape index (κ2) is 8.01. The Hall–Kier alpha value is -2.28. The van der Waals surface area contributed by atoms with Gasteiger partial charge >= 0.3 is 0 Å². The van der Waals surface area contributed by atoms with E-state index in [1.54, 1.807) is 6.92 Å². The maximum Gasteiger partial charge on any atom is 0.249 e. The molecule has 2 amide bonds. The molecular weight excluding hydrogens is 324 g/mol. The molecule has 0 aliphatic rings. The van der Waals surface area contributed by atoms with Crippen molar-refractivity contribution in [1.29, 1.82) is 0 Å². The van der Waals surface area contributed by atoms with Crippen molar-refractivity contribution in [1.82, 2.24) is 15.5 Å². The molecule has 24 heavy (non-hydrogen) atoms. The summed E-state index contributed by atoms with van der Waals surface area (Å²) in [5.41, 5.74) is 2.13. The summed E-state index contributed by atoms with van der Waals surface area (Å²) in [7, 11) is 0. The van der Waals surface area contributed by atoms with Gasteiger partial charge in [0.15, 0.2) is 0 Å². The number of nitrogens with zero attached hydrogens (tertiary/aromatic N) is 2. The SMILES string of the molecule is CCC(=O)NC(C(=O)Nc1nnc(-c2ccc(C)cc2)s1)C(C)C. The maximum atomic E-state index is 12.4. The predicted octanol–water partition coefficient (Wildman–Crippen LogP) is 3.00. The number of carbonyl (C=O) groups excluding carboxylic acids is 2. The Morgan fingerprint density at radius 3 is 2.42 bits per heavy atom. The van der Waals surface area contributed by atoms with Crippen molar-refractivity contribution in [3.63, 3.8) is 0 Å². The maximum absolute atomic E-state index is 12.4. The number of benzene rings is 1. The summed E-state index contributed by atoms with van der Waals surface area (Å²) in [6.45, 7) is 7.55. The number of carbonyl (C=O) groups is 2. The van der Waals surface area contributed by atoms with Crippen molar-refractivity contribution in [2.75, 3.05) is 5.32 Å². The van der Waals surface area contributed by atoms with Crippen LogP contribution >= 0.6 is 11.3 Å². The van der Waals surface area contributed by atoms with E-state index in [1.165, 1.54) is 16.9 Å². The second-order valence-corrected chi connectivity index (χ2v) is 6.89. The molecule has 0 radical (unpaired) electrons. The molecular formula is C17H22N4O2S. The molecule has 1 atom stereocenters. The van der Waals surface area contributed by atoms with Crippen molar-refractivity contribution in [3.05, 3.63) is 29.8 Å². The van der Waals surface area contributed by atoms with Gasteiger partial charge in [0.25, 0.3) is 0 Å². The first kappa shape index (κ1) is 18.1. The Balaban J connectivity index is 2.08. The molecule has 0 aliphatic heterocycles. The van der Waals surface area contributed by atoms with Gasteiger partial charge in [0.1, 0.15) is 11.0 Å². The zero-order valence-corrected chi connectivity index (χ0v) is 15.1. The summed E-state index contributed by atoms with van der Waals surface area (Å²) in [6.07, 6.45) is 0.340. The van der Waals surface area contributed by atoms with E-state index in [-0.39, 0.29) is 17.7 Å². The van der Waals surface area contributed by atoms with Gasteiger partial charge in [-0.3, -0.25) is 14.9 Å². The Morgan fingerprint density at radius 1 is 1.17 bits per heavy atom.